The molecule has 0 spiro atoms. The summed E-state index contributed by atoms with van der Waals surface area (Å²) >= 11 is 1.43. The molecule has 10 heteroatoms. The van der Waals surface area contributed by atoms with Crippen LogP contribution in [0.5, 0.6) is 0 Å². The molecule has 0 aromatic carbocycles. The standard InChI is InChI=1S/C24H38N6O3S/c1-5-19(13-32-17(4)16(2)3)30-33-14-20-10-9-18(12-27-20)24-29-22(15-34-24)28-23(31)21(26)8-6-7-11-25/h9-10,12,15-17,21H,5-8,11,13-14,25-26H2,1-4H3,(H,28,31)/b30-19-. The Labute approximate surface area is 206 Å². The highest BCUT2D eigenvalue weighted by atomic mass is 32.1. The van der Waals surface area contributed by atoms with Crippen LogP contribution in [0.25, 0.3) is 10.6 Å². The van der Waals surface area contributed by atoms with Gasteiger partial charge in [0.25, 0.3) is 0 Å². The minimum Gasteiger partial charge on any atom is -0.389 e. The number of thiazole rings is 1. The van der Waals surface area contributed by atoms with Crippen molar-refractivity contribution in [2.45, 2.75) is 72.1 Å². The number of hydrogen-bond donors (Lipinski definition) is 3. The number of carbonyl (C=O) groups is 1. The van der Waals surface area contributed by atoms with Gasteiger partial charge in [-0.1, -0.05) is 32.3 Å². The van der Waals surface area contributed by atoms with Gasteiger partial charge in [0, 0.05) is 17.1 Å². The lowest BCUT2D eigenvalue weighted by Crippen LogP contribution is -2.35. The van der Waals surface area contributed by atoms with Crippen molar-refractivity contribution in [3.63, 3.8) is 0 Å². The number of anilines is 1. The summed E-state index contributed by atoms with van der Waals surface area (Å²) in [7, 11) is 0. The van der Waals surface area contributed by atoms with Crippen LogP contribution < -0.4 is 16.8 Å². The van der Waals surface area contributed by atoms with E-state index in [0.717, 1.165) is 41.2 Å². The summed E-state index contributed by atoms with van der Waals surface area (Å²) in [4.78, 5) is 26.6. The van der Waals surface area contributed by atoms with Gasteiger partial charge in [-0.05, 0) is 50.8 Å². The summed E-state index contributed by atoms with van der Waals surface area (Å²) in [6.07, 6.45) is 4.95. The van der Waals surface area contributed by atoms with Gasteiger partial charge in [-0.15, -0.1) is 11.3 Å². The van der Waals surface area contributed by atoms with Crippen molar-refractivity contribution >= 4 is 28.8 Å². The first-order chi connectivity index (χ1) is 16.3. The number of oxime groups is 1. The van der Waals surface area contributed by atoms with Crippen molar-refractivity contribution in [1.82, 2.24) is 9.97 Å². The summed E-state index contributed by atoms with van der Waals surface area (Å²) in [5.41, 5.74) is 13.9. The van der Waals surface area contributed by atoms with Gasteiger partial charge in [0.2, 0.25) is 5.91 Å². The predicted molar refractivity (Wildman–Crippen MR) is 138 cm³/mol. The van der Waals surface area contributed by atoms with Gasteiger partial charge in [0.1, 0.15) is 10.8 Å². The topological polar surface area (TPSA) is 138 Å². The Kier molecular flexibility index (Phi) is 12.1. The minimum atomic E-state index is -0.571. The first-order valence-electron chi connectivity index (χ1n) is 11.8. The summed E-state index contributed by atoms with van der Waals surface area (Å²) in [6.45, 7) is 9.67. The normalized spacial score (nSPS) is 13.7. The van der Waals surface area contributed by atoms with Crippen molar-refractivity contribution in [2.75, 3.05) is 18.5 Å². The molecule has 0 saturated heterocycles. The summed E-state index contributed by atoms with van der Waals surface area (Å²) in [6, 6.07) is 3.23. The number of aromatic nitrogens is 2. The van der Waals surface area contributed by atoms with Crippen LogP contribution in [0.15, 0.2) is 28.9 Å². The molecule has 1 amide bonds. The lowest BCUT2D eigenvalue weighted by atomic mass is 10.1. The van der Waals surface area contributed by atoms with E-state index in [1.54, 1.807) is 11.6 Å². The highest BCUT2D eigenvalue weighted by molar-refractivity contribution is 7.13. The van der Waals surface area contributed by atoms with E-state index in [4.69, 9.17) is 21.0 Å². The molecular weight excluding hydrogens is 452 g/mol. The van der Waals surface area contributed by atoms with E-state index in [-0.39, 0.29) is 18.6 Å². The second kappa shape index (κ2) is 14.8. The van der Waals surface area contributed by atoms with Crippen LogP contribution in [-0.2, 0) is 21.0 Å². The van der Waals surface area contributed by atoms with E-state index in [9.17, 15) is 4.79 Å². The number of hydrogen-bond acceptors (Lipinski definition) is 9. The minimum absolute atomic E-state index is 0.170. The molecule has 2 unspecified atom stereocenters. The second-order valence-corrected chi connectivity index (χ2v) is 9.36. The van der Waals surface area contributed by atoms with Crippen LogP contribution in [0.3, 0.4) is 0 Å². The summed E-state index contributed by atoms with van der Waals surface area (Å²) < 4.78 is 5.81. The molecule has 2 aromatic heterocycles. The number of nitrogens with one attached hydrogen (secondary N) is 1. The van der Waals surface area contributed by atoms with E-state index in [1.807, 2.05) is 19.1 Å². The smallest absolute Gasteiger partial charge is 0.242 e. The number of unbranched alkanes of at least 4 members (excludes halogenated alkanes) is 1. The van der Waals surface area contributed by atoms with E-state index in [0.29, 0.717) is 31.3 Å². The van der Waals surface area contributed by atoms with Crippen LogP contribution in [0.2, 0.25) is 0 Å². The van der Waals surface area contributed by atoms with Gasteiger partial charge in [0.05, 0.1) is 30.2 Å². The summed E-state index contributed by atoms with van der Waals surface area (Å²) in [5, 5.41) is 9.53. The fourth-order valence-electron chi connectivity index (χ4n) is 2.76. The fourth-order valence-corrected chi connectivity index (χ4v) is 3.50. The summed E-state index contributed by atoms with van der Waals surface area (Å²) in [5.74, 6) is 0.702. The van der Waals surface area contributed by atoms with Gasteiger partial charge in [0.15, 0.2) is 6.61 Å². The van der Waals surface area contributed by atoms with Gasteiger partial charge >= 0.3 is 0 Å². The molecule has 34 heavy (non-hydrogen) atoms. The molecule has 2 heterocycles. The first kappa shape index (κ1) is 27.8. The Morgan fingerprint density at radius 1 is 1.26 bits per heavy atom. The van der Waals surface area contributed by atoms with Crippen LogP contribution in [0, 0.1) is 5.92 Å². The van der Waals surface area contributed by atoms with Crippen molar-refractivity contribution in [1.29, 1.82) is 0 Å². The van der Waals surface area contributed by atoms with Crippen molar-refractivity contribution in [3.8, 4) is 10.6 Å². The molecule has 0 bridgehead atoms. The lowest BCUT2D eigenvalue weighted by molar-refractivity contribution is -0.117. The van der Waals surface area contributed by atoms with Crippen LogP contribution in [0.4, 0.5) is 5.82 Å². The quantitative estimate of drug-likeness (QED) is 0.195. The van der Waals surface area contributed by atoms with Crippen molar-refractivity contribution in [3.05, 3.63) is 29.4 Å². The van der Waals surface area contributed by atoms with Gasteiger partial charge in [-0.2, -0.15) is 0 Å². The van der Waals surface area contributed by atoms with E-state index in [1.165, 1.54) is 11.3 Å². The number of ether oxygens (including phenoxy) is 1. The molecular formula is C24H38N6O3S. The lowest BCUT2D eigenvalue weighted by Gasteiger charge is -2.16. The Morgan fingerprint density at radius 2 is 2.06 bits per heavy atom. The maximum Gasteiger partial charge on any atom is 0.242 e. The van der Waals surface area contributed by atoms with Gasteiger partial charge in [-0.3, -0.25) is 9.78 Å². The molecule has 0 saturated carbocycles. The zero-order chi connectivity index (χ0) is 24.9. The Hall–Kier alpha value is -2.40. The first-order valence-corrected chi connectivity index (χ1v) is 12.7. The number of amides is 1. The fraction of sp³-hybridized carbons (Fsp3) is 0.583. The number of nitrogens with two attached hydrogens (primary N) is 2. The average molecular weight is 491 g/mol. The Bertz CT molecular complexity index is 900. The van der Waals surface area contributed by atoms with Crippen LogP contribution in [-0.4, -0.2) is 46.9 Å². The SMILES string of the molecule is CC/C(COC(C)C(C)C)=N/OCc1ccc(-c2nc(NC(=O)C(N)CCCCN)cs2)cn1. The number of rotatable bonds is 15. The second-order valence-electron chi connectivity index (χ2n) is 8.50. The zero-order valence-electron chi connectivity index (χ0n) is 20.6. The van der Waals surface area contributed by atoms with Crippen molar-refractivity contribution in [2.24, 2.45) is 22.5 Å². The molecule has 5 N–H and O–H groups in total. The molecule has 0 fully saturated rings. The third kappa shape index (κ3) is 9.46. The highest BCUT2D eigenvalue weighted by Gasteiger charge is 2.15. The van der Waals surface area contributed by atoms with Crippen LogP contribution in [0.1, 0.15) is 59.1 Å². The van der Waals surface area contributed by atoms with Crippen LogP contribution >= 0.6 is 11.3 Å². The monoisotopic (exact) mass is 490 g/mol. The average Bonchev–Trinajstić information content (AvgIpc) is 3.29. The van der Waals surface area contributed by atoms with Crippen molar-refractivity contribution < 1.29 is 14.4 Å². The predicted octanol–water partition coefficient (Wildman–Crippen LogP) is 3.94. The third-order valence-corrected chi connectivity index (χ3v) is 6.29. The van der Waals surface area contributed by atoms with Gasteiger partial charge in [-0.25, -0.2) is 4.98 Å². The maximum absolute atomic E-state index is 12.2. The maximum atomic E-state index is 12.2. The Morgan fingerprint density at radius 3 is 2.71 bits per heavy atom. The third-order valence-electron chi connectivity index (χ3n) is 5.40. The number of carbonyl (C=O) groups excluding carboxylic acids is 1. The Balaban J connectivity index is 1.85. The molecule has 9 nitrogen and oxygen atoms in total. The van der Waals surface area contributed by atoms with E-state index in [2.05, 4.69) is 41.2 Å². The van der Waals surface area contributed by atoms with E-state index >= 15 is 0 Å². The van der Waals surface area contributed by atoms with Gasteiger partial charge < -0.3 is 26.4 Å². The molecule has 0 aliphatic heterocycles. The molecule has 2 aromatic rings. The largest absolute Gasteiger partial charge is 0.389 e. The molecule has 2 rings (SSSR count). The van der Waals surface area contributed by atoms with E-state index < -0.39 is 6.04 Å². The number of nitrogens with zero attached hydrogens (tertiary/aromatic N) is 3. The number of pyridine rings is 1. The molecule has 2 atom stereocenters. The molecule has 0 radical (unpaired) electrons. The zero-order valence-corrected chi connectivity index (χ0v) is 21.4. The highest BCUT2D eigenvalue weighted by Crippen LogP contribution is 2.25. The molecule has 0 aliphatic carbocycles. The molecule has 0 aliphatic rings. The molecule has 188 valence electrons.